The van der Waals surface area contributed by atoms with E-state index < -0.39 is 42.4 Å². The number of esters is 1. The molecular formula is C20H23N3O7. The number of rotatable bonds is 5. The van der Waals surface area contributed by atoms with E-state index in [0.29, 0.717) is 26.2 Å². The number of benzene rings is 1. The lowest BCUT2D eigenvalue weighted by atomic mass is 10.1. The molecule has 0 spiro atoms. The minimum Gasteiger partial charge on any atom is -0.454 e. The van der Waals surface area contributed by atoms with Gasteiger partial charge in [0.05, 0.1) is 17.7 Å². The Morgan fingerprint density at radius 1 is 0.933 bits per heavy atom. The molecule has 2 aliphatic rings. The van der Waals surface area contributed by atoms with Gasteiger partial charge in [-0.25, -0.2) is 9.59 Å². The number of amides is 4. The summed E-state index contributed by atoms with van der Waals surface area (Å²) in [7, 11) is 0. The molecule has 10 nitrogen and oxygen atoms in total. The zero-order valence-corrected chi connectivity index (χ0v) is 16.8. The molecule has 0 saturated carbocycles. The van der Waals surface area contributed by atoms with Gasteiger partial charge in [-0.2, -0.15) is 0 Å². The molecule has 0 aliphatic carbocycles. The number of nitrogens with zero attached hydrogens (tertiary/aromatic N) is 3. The van der Waals surface area contributed by atoms with Crippen molar-refractivity contribution in [3.05, 3.63) is 35.4 Å². The zero-order chi connectivity index (χ0) is 21.8. The summed E-state index contributed by atoms with van der Waals surface area (Å²) >= 11 is 0. The molecule has 1 fully saturated rings. The van der Waals surface area contributed by atoms with Crippen LogP contribution in [0.4, 0.5) is 4.79 Å². The molecule has 0 bridgehead atoms. The normalized spacial score (nSPS) is 16.9. The first-order valence-electron chi connectivity index (χ1n) is 9.68. The highest BCUT2D eigenvalue weighted by Crippen LogP contribution is 2.24. The van der Waals surface area contributed by atoms with Gasteiger partial charge in [-0.15, -0.1) is 0 Å². The number of piperazine rings is 1. The number of ether oxygens (including phenoxy) is 2. The van der Waals surface area contributed by atoms with Crippen LogP contribution in [-0.2, 0) is 19.1 Å². The van der Waals surface area contributed by atoms with E-state index in [2.05, 4.69) is 0 Å². The van der Waals surface area contributed by atoms with Crippen LogP contribution < -0.4 is 0 Å². The van der Waals surface area contributed by atoms with E-state index in [4.69, 9.17) is 9.47 Å². The first kappa shape index (κ1) is 21.3. The van der Waals surface area contributed by atoms with Gasteiger partial charge < -0.3 is 19.3 Å². The van der Waals surface area contributed by atoms with Gasteiger partial charge in [-0.3, -0.25) is 19.3 Å². The minimum absolute atomic E-state index is 0.234. The monoisotopic (exact) mass is 417 g/mol. The quantitative estimate of drug-likeness (QED) is 0.507. The maximum Gasteiger partial charge on any atom is 0.409 e. The molecular weight excluding hydrogens is 394 g/mol. The van der Waals surface area contributed by atoms with Crippen molar-refractivity contribution in [2.45, 2.75) is 19.9 Å². The summed E-state index contributed by atoms with van der Waals surface area (Å²) in [6, 6.07) is 5.15. The maximum absolute atomic E-state index is 12.5. The van der Waals surface area contributed by atoms with Crippen molar-refractivity contribution < 1.29 is 33.4 Å². The molecule has 1 saturated heterocycles. The second-order valence-electron chi connectivity index (χ2n) is 6.88. The molecule has 0 aromatic heterocycles. The Morgan fingerprint density at radius 2 is 1.47 bits per heavy atom. The highest BCUT2D eigenvalue weighted by molar-refractivity contribution is 6.22. The van der Waals surface area contributed by atoms with Gasteiger partial charge in [-0.1, -0.05) is 12.1 Å². The fraction of sp³-hybridized carbons (Fsp3) is 0.450. The second kappa shape index (κ2) is 8.93. The summed E-state index contributed by atoms with van der Waals surface area (Å²) < 4.78 is 9.98. The van der Waals surface area contributed by atoms with Crippen LogP contribution in [0.1, 0.15) is 34.6 Å². The number of carbonyl (C=O) groups excluding carboxylic acids is 5. The highest BCUT2D eigenvalue weighted by Gasteiger charge is 2.41. The molecule has 3 rings (SSSR count). The van der Waals surface area contributed by atoms with E-state index in [0.717, 1.165) is 4.90 Å². The zero-order valence-electron chi connectivity index (χ0n) is 16.8. The van der Waals surface area contributed by atoms with Crippen molar-refractivity contribution in [1.82, 2.24) is 14.7 Å². The molecule has 4 amide bonds. The SMILES string of the molecule is CCOC(=O)N1CCN(C(=O)COC(=O)[C@@H](C)N2C(=O)c3ccccc3C2=O)CC1. The fourth-order valence-corrected chi connectivity index (χ4v) is 3.36. The average molecular weight is 417 g/mol. The minimum atomic E-state index is -1.16. The van der Waals surface area contributed by atoms with Crippen LogP contribution in [0.25, 0.3) is 0 Å². The van der Waals surface area contributed by atoms with Crippen LogP contribution >= 0.6 is 0 Å². The Labute approximate surface area is 173 Å². The van der Waals surface area contributed by atoms with Crippen molar-refractivity contribution in [3.8, 4) is 0 Å². The molecule has 2 aliphatic heterocycles. The summed E-state index contributed by atoms with van der Waals surface area (Å²) in [6.45, 7) is 4.10. The van der Waals surface area contributed by atoms with Crippen molar-refractivity contribution >= 4 is 29.8 Å². The molecule has 0 N–H and O–H groups in total. The van der Waals surface area contributed by atoms with Crippen molar-refractivity contribution in [2.75, 3.05) is 39.4 Å². The van der Waals surface area contributed by atoms with E-state index in [1.54, 1.807) is 19.1 Å². The molecule has 1 aromatic carbocycles. The standard InChI is InChI=1S/C20H23N3O7/c1-3-29-20(28)22-10-8-21(9-11-22)16(24)12-30-19(27)13(2)23-17(25)14-6-4-5-7-15(14)18(23)26/h4-7,13H,3,8-12H2,1-2H3/t13-/m1/s1. The third-order valence-corrected chi connectivity index (χ3v) is 5.05. The third-order valence-electron chi connectivity index (χ3n) is 5.05. The number of hydrogen-bond acceptors (Lipinski definition) is 7. The molecule has 10 heteroatoms. The van der Waals surface area contributed by atoms with Gasteiger partial charge in [0, 0.05) is 26.2 Å². The molecule has 1 atom stereocenters. The molecule has 30 heavy (non-hydrogen) atoms. The first-order chi connectivity index (χ1) is 14.3. The lowest BCUT2D eigenvalue weighted by molar-refractivity contribution is -0.155. The first-order valence-corrected chi connectivity index (χ1v) is 9.68. The van der Waals surface area contributed by atoms with Crippen LogP contribution in [-0.4, -0.2) is 89.9 Å². The molecule has 160 valence electrons. The van der Waals surface area contributed by atoms with Gasteiger partial charge in [0.2, 0.25) is 0 Å². The maximum atomic E-state index is 12.5. The number of carbonyl (C=O) groups is 5. The molecule has 2 heterocycles. The van der Waals surface area contributed by atoms with Crippen molar-refractivity contribution in [1.29, 1.82) is 0 Å². The van der Waals surface area contributed by atoms with Crippen LogP contribution in [0, 0.1) is 0 Å². The predicted octanol–water partition coefficient (Wildman–Crippen LogP) is 0.515. The average Bonchev–Trinajstić information content (AvgIpc) is 3.02. The summed E-state index contributed by atoms with van der Waals surface area (Å²) in [6.07, 6.45) is -0.425. The van der Waals surface area contributed by atoms with Crippen molar-refractivity contribution in [2.24, 2.45) is 0 Å². The largest absolute Gasteiger partial charge is 0.454 e. The Balaban J connectivity index is 1.50. The molecule has 0 radical (unpaired) electrons. The van der Waals surface area contributed by atoms with E-state index in [1.807, 2.05) is 0 Å². The van der Waals surface area contributed by atoms with Gasteiger partial charge in [0.1, 0.15) is 6.04 Å². The van der Waals surface area contributed by atoms with E-state index in [9.17, 15) is 24.0 Å². The topological polar surface area (TPSA) is 114 Å². The number of fused-ring (bicyclic) bond motifs is 1. The van der Waals surface area contributed by atoms with Crippen molar-refractivity contribution in [3.63, 3.8) is 0 Å². The van der Waals surface area contributed by atoms with E-state index in [1.165, 1.54) is 28.9 Å². The van der Waals surface area contributed by atoms with Crippen LogP contribution in [0.3, 0.4) is 0 Å². The summed E-state index contributed by atoms with van der Waals surface area (Å²) in [5, 5.41) is 0. The van der Waals surface area contributed by atoms with Crippen LogP contribution in [0.2, 0.25) is 0 Å². The van der Waals surface area contributed by atoms with Gasteiger partial charge >= 0.3 is 12.1 Å². The summed E-state index contributed by atoms with van der Waals surface area (Å²) in [5.41, 5.74) is 0.468. The Morgan fingerprint density at radius 3 is 2.00 bits per heavy atom. The van der Waals surface area contributed by atoms with Gasteiger partial charge in [0.15, 0.2) is 6.61 Å². The van der Waals surface area contributed by atoms with E-state index >= 15 is 0 Å². The number of imide groups is 1. The summed E-state index contributed by atoms with van der Waals surface area (Å²) in [4.78, 5) is 65.1. The smallest absolute Gasteiger partial charge is 0.409 e. The van der Waals surface area contributed by atoms with Crippen LogP contribution in [0.15, 0.2) is 24.3 Å². The predicted molar refractivity (Wildman–Crippen MR) is 103 cm³/mol. The van der Waals surface area contributed by atoms with Crippen LogP contribution in [0.5, 0.6) is 0 Å². The lowest BCUT2D eigenvalue weighted by Gasteiger charge is -2.34. The van der Waals surface area contributed by atoms with Gasteiger partial charge in [-0.05, 0) is 26.0 Å². The lowest BCUT2D eigenvalue weighted by Crippen LogP contribution is -2.52. The third kappa shape index (κ3) is 4.12. The summed E-state index contributed by atoms with van der Waals surface area (Å²) in [5.74, 6) is -2.40. The highest BCUT2D eigenvalue weighted by atomic mass is 16.6. The molecule has 1 aromatic rings. The Kier molecular flexibility index (Phi) is 6.34. The molecule has 0 unspecified atom stereocenters. The fourth-order valence-electron chi connectivity index (χ4n) is 3.36. The van der Waals surface area contributed by atoms with Gasteiger partial charge in [0.25, 0.3) is 17.7 Å². The Hall–Kier alpha value is -3.43. The second-order valence-corrected chi connectivity index (χ2v) is 6.88. The van der Waals surface area contributed by atoms with E-state index in [-0.39, 0.29) is 17.7 Å². The Bertz CT molecular complexity index is 842. The number of hydrogen-bond donors (Lipinski definition) is 0.